The Morgan fingerprint density at radius 1 is 0.966 bits per heavy atom. The van der Waals surface area contributed by atoms with Crippen LogP contribution in [0.25, 0.3) is 0 Å². The number of esters is 2. The molecule has 0 aliphatic heterocycles. The Morgan fingerprint density at radius 3 is 2.14 bits per heavy atom. The number of benzene rings is 2. The van der Waals surface area contributed by atoms with E-state index >= 15 is 0 Å². The molecular formula is C19H16ClF3O6. The highest BCUT2D eigenvalue weighted by atomic mass is 35.5. The Hall–Kier alpha value is -2.94. The maximum atomic E-state index is 13.2. The Morgan fingerprint density at radius 2 is 1.59 bits per heavy atom. The summed E-state index contributed by atoms with van der Waals surface area (Å²) in [5.74, 6) is -1.97. The Bertz CT molecular complexity index is 913. The first-order valence-corrected chi connectivity index (χ1v) is 8.47. The van der Waals surface area contributed by atoms with Gasteiger partial charge in [0.05, 0.1) is 30.4 Å². The van der Waals surface area contributed by atoms with E-state index in [4.69, 9.17) is 21.1 Å². The minimum atomic E-state index is -4.83. The third kappa shape index (κ3) is 5.11. The van der Waals surface area contributed by atoms with Gasteiger partial charge in [0.25, 0.3) is 0 Å². The summed E-state index contributed by atoms with van der Waals surface area (Å²) in [6.45, 7) is 1.45. The van der Waals surface area contributed by atoms with Gasteiger partial charge in [0.1, 0.15) is 5.75 Å². The van der Waals surface area contributed by atoms with E-state index in [0.29, 0.717) is 6.07 Å². The molecule has 0 amide bonds. The van der Waals surface area contributed by atoms with Crippen molar-refractivity contribution in [1.82, 2.24) is 0 Å². The van der Waals surface area contributed by atoms with Crippen molar-refractivity contribution in [3.05, 3.63) is 52.5 Å². The van der Waals surface area contributed by atoms with Crippen LogP contribution in [0.1, 0.15) is 22.8 Å². The predicted molar refractivity (Wildman–Crippen MR) is 96.4 cm³/mol. The molecular weight excluding hydrogens is 417 g/mol. The van der Waals surface area contributed by atoms with Crippen LogP contribution in [0, 0.1) is 0 Å². The van der Waals surface area contributed by atoms with E-state index in [-0.39, 0.29) is 17.2 Å². The second-order valence-electron chi connectivity index (χ2n) is 5.62. The van der Waals surface area contributed by atoms with Gasteiger partial charge >= 0.3 is 18.1 Å². The van der Waals surface area contributed by atoms with E-state index < -0.39 is 40.4 Å². The monoisotopic (exact) mass is 432 g/mol. The van der Waals surface area contributed by atoms with Crippen molar-refractivity contribution >= 4 is 23.5 Å². The molecule has 0 radical (unpaired) electrons. The lowest BCUT2D eigenvalue weighted by Gasteiger charge is -2.18. The summed E-state index contributed by atoms with van der Waals surface area (Å²) in [6, 6.07) is 7.73. The van der Waals surface area contributed by atoms with Crippen LogP contribution in [0.3, 0.4) is 0 Å². The second-order valence-corrected chi connectivity index (χ2v) is 6.00. The molecule has 2 aromatic carbocycles. The standard InChI is InChI=1S/C19H16ClF3O6/c1-10(17(24)26-2)28-12-6-4-5-7-13(12)29-14-9-8-11(19(21,22)23)15(16(14)20)18(25)27-3/h4-10H,1-3H3. The molecule has 2 rings (SSSR count). The summed E-state index contributed by atoms with van der Waals surface area (Å²) in [6.07, 6.45) is -5.80. The number of alkyl halides is 3. The topological polar surface area (TPSA) is 71.1 Å². The minimum Gasteiger partial charge on any atom is -0.475 e. The van der Waals surface area contributed by atoms with E-state index in [1.165, 1.54) is 26.2 Å². The van der Waals surface area contributed by atoms with E-state index in [2.05, 4.69) is 9.47 Å². The van der Waals surface area contributed by atoms with Crippen LogP contribution in [0.4, 0.5) is 13.2 Å². The van der Waals surface area contributed by atoms with E-state index in [1.54, 1.807) is 12.1 Å². The van der Waals surface area contributed by atoms with Crippen molar-refractivity contribution in [2.75, 3.05) is 14.2 Å². The number of rotatable bonds is 6. The molecule has 0 fully saturated rings. The lowest BCUT2D eigenvalue weighted by Crippen LogP contribution is -2.25. The highest BCUT2D eigenvalue weighted by Gasteiger charge is 2.38. The highest BCUT2D eigenvalue weighted by Crippen LogP contribution is 2.42. The van der Waals surface area contributed by atoms with Gasteiger partial charge in [-0.25, -0.2) is 9.59 Å². The van der Waals surface area contributed by atoms with Crippen LogP contribution in [-0.2, 0) is 20.4 Å². The first-order valence-electron chi connectivity index (χ1n) is 8.09. The summed E-state index contributed by atoms with van der Waals surface area (Å²) >= 11 is 6.03. The Kier molecular flexibility index (Phi) is 6.97. The van der Waals surface area contributed by atoms with Crippen LogP contribution in [-0.4, -0.2) is 32.3 Å². The third-order valence-corrected chi connectivity index (χ3v) is 4.08. The van der Waals surface area contributed by atoms with Gasteiger partial charge in [-0.2, -0.15) is 13.2 Å². The number of halogens is 4. The highest BCUT2D eigenvalue weighted by molar-refractivity contribution is 6.35. The average molecular weight is 433 g/mol. The van der Waals surface area contributed by atoms with Crippen LogP contribution < -0.4 is 9.47 Å². The fourth-order valence-corrected chi connectivity index (χ4v) is 2.61. The smallest absolute Gasteiger partial charge is 0.417 e. The first-order chi connectivity index (χ1) is 13.6. The molecule has 0 aliphatic carbocycles. The Labute approximate surface area is 169 Å². The summed E-state index contributed by atoms with van der Waals surface area (Å²) in [4.78, 5) is 23.4. The maximum Gasteiger partial charge on any atom is 0.417 e. The number of hydrogen-bond acceptors (Lipinski definition) is 6. The summed E-state index contributed by atoms with van der Waals surface area (Å²) in [5, 5.41) is -0.581. The lowest BCUT2D eigenvalue weighted by molar-refractivity contribution is -0.148. The molecule has 0 spiro atoms. The normalized spacial score (nSPS) is 12.1. The maximum absolute atomic E-state index is 13.2. The van der Waals surface area contributed by atoms with E-state index in [0.717, 1.165) is 13.2 Å². The van der Waals surface area contributed by atoms with Crippen LogP contribution in [0.5, 0.6) is 17.2 Å². The number of methoxy groups -OCH3 is 2. The van der Waals surface area contributed by atoms with Crippen LogP contribution >= 0.6 is 11.6 Å². The van der Waals surface area contributed by atoms with Crippen molar-refractivity contribution in [2.45, 2.75) is 19.2 Å². The summed E-state index contributed by atoms with van der Waals surface area (Å²) < 4.78 is 59.7. The number of para-hydroxylation sites is 2. The molecule has 1 unspecified atom stereocenters. The average Bonchev–Trinajstić information content (AvgIpc) is 2.68. The zero-order valence-electron chi connectivity index (χ0n) is 15.5. The van der Waals surface area contributed by atoms with Gasteiger partial charge in [-0.15, -0.1) is 0 Å². The minimum absolute atomic E-state index is 0.0562. The molecule has 0 aliphatic rings. The van der Waals surface area contributed by atoms with Crippen molar-refractivity contribution in [1.29, 1.82) is 0 Å². The molecule has 2 aromatic rings. The molecule has 29 heavy (non-hydrogen) atoms. The number of carbonyl (C=O) groups excluding carboxylic acids is 2. The molecule has 0 heterocycles. The SMILES string of the molecule is COC(=O)c1c(C(F)(F)F)ccc(Oc2ccccc2OC(C)C(=O)OC)c1Cl. The fraction of sp³-hybridized carbons (Fsp3) is 0.263. The number of hydrogen-bond donors (Lipinski definition) is 0. The van der Waals surface area contributed by atoms with Crippen LogP contribution in [0.15, 0.2) is 36.4 Å². The summed E-state index contributed by atoms with van der Waals surface area (Å²) in [5.41, 5.74) is -2.13. The molecule has 0 saturated carbocycles. The van der Waals surface area contributed by atoms with E-state index in [9.17, 15) is 22.8 Å². The van der Waals surface area contributed by atoms with Gasteiger partial charge in [-0.1, -0.05) is 23.7 Å². The summed E-state index contributed by atoms with van der Waals surface area (Å²) in [7, 11) is 2.13. The molecule has 10 heteroatoms. The van der Waals surface area contributed by atoms with Crippen molar-refractivity contribution < 1.29 is 41.7 Å². The first kappa shape index (κ1) is 22.4. The molecule has 156 valence electrons. The largest absolute Gasteiger partial charge is 0.475 e. The number of carbonyl (C=O) groups is 2. The van der Waals surface area contributed by atoms with Crippen LogP contribution in [0.2, 0.25) is 5.02 Å². The molecule has 0 saturated heterocycles. The molecule has 6 nitrogen and oxygen atoms in total. The van der Waals surface area contributed by atoms with Gasteiger partial charge in [0.15, 0.2) is 17.6 Å². The van der Waals surface area contributed by atoms with Gasteiger partial charge < -0.3 is 18.9 Å². The van der Waals surface area contributed by atoms with Crippen molar-refractivity contribution in [3.8, 4) is 17.2 Å². The zero-order chi connectivity index (χ0) is 21.8. The van der Waals surface area contributed by atoms with Gasteiger partial charge in [-0.05, 0) is 31.2 Å². The predicted octanol–water partition coefficient (Wildman–Crippen LogP) is 4.88. The van der Waals surface area contributed by atoms with Gasteiger partial charge in [0, 0.05) is 0 Å². The third-order valence-electron chi connectivity index (χ3n) is 3.71. The molecule has 0 N–H and O–H groups in total. The molecule has 0 bridgehead atoms. The second kappa shape index (κ2) is 9.04. The zero-order valence-corrected chi connectivity index (χ0v) is 16.3. The number of ether oxygens (including phenoxy) is 4. The fourth-order valence-electron chi connectivity index (χ4n) is 2.33. The molecule has 1 atom stereocenters. The van der Waals surface area contributed by atoms with Crippen molar-refractivity contribution in [2.24, 2.45) is 0 Å². The van der Waals surface area contributed by atoms with Gasteiger partial charge in [0.2, 0.25) is 0 Å². The lowest BCUT2D eigenvalue weighted by atomic mass is 10.1. The van der Waals surface area contributed by atoms with Crippen molar-refractivity contribution in [3.63, 3.8) is 0 Å². The quantitative estimate of drug-likeness (QED) is 0.606. The Balaban J connectivity index is 2.46. The van der Waals surface area contributed by atoms with Gasteiger partial charge in [-0.3, -0.25) is 0 Å². The molecule has 0 aromatic heterocycles. The van der Waals surface area contributed by atoms with E-state index in [1.807, 2.05) is 0 Å².